The van der Waals surface area contributed by atoms with Crippen molar-refractivity contribution in [3.8, 4) is 0 Å². The zero-order chi connectivity index (χ0) is 13.4. The molecule has 2 N–H and O–H groups in total. The Bertz CT molecular complexity index is 721. The number of hydrogen-bond donors (Lipinski definition) is 1. The van der Waals surface area contributed by atoms with Gasteiger partial charge in [0.25, 0.3) is 0 Å². The molecule has 0 saturated carbocycles. The van der Waals surface area contributed by atoms with Crippen LogP contribution in [0.3, 0.4) is 0 Å². The largest absolute Gasteiger partial charge is 0.395 e. The van der Waals surface area contributed by atoms with Crippen molar-refractivity contribution >= 4 is 38.6 Å². The van der Waals surface area contributed by atoms with Gasteiger partial charge in [-0.2, -0.15) is 0 Å². The first-order valence-corrected chi connectivity index (χ1v) is 6.66. The SMILES string of the molecule is CN(c1ccc(F)cc1)c1ccc2scnc2c1N. The van der Waals surface area contributed by atoms with Crippen LogP contribution in [0.25, 0.3) is 10.2 Å². The van der Waals surface area contributed by atoms with Crippen LogP contribution in [0, 0.1) is 5.82 Å². The molecule has 5 heteroatoms. The maximum atomic E-state index is 12.9. The highest BCUT2D eigenvalue weighted by molar-refractivity contribution is 7.16. The molecule has 0 saturated heterocycles. The summed E-state index contributed by atoms with van der Waals surface area (Å²) in [6.07, 6.45) is 0. The summed E-state index contributed by atoms with van der Waals surface area (Å²) in [4.78, 5) is 6.20. The molecule has 0 aliphatic carbocycles. The van der Waals surface area contributed by atoms with Crippen molar-refractivity contribution in [2.75, 3.05) is 17.7 Å². The number of nitrogens with zero attached hydrogens (tertiary/aromatic N) is 2. The Labute approximate surface area is 114 Å². The van der Waals surface area contributed by atoms with Crippen molar-refractivity contribution in [1.29, 1.82) is 0 Å². The van der Waals surface area contributed by atoms with Crippen LogP contribution < -0.4 is 10.6 Å². The topological polar surface area (TPSA) is 42.2 Å². The van der Waals surface area contributed by atoms with Gasteiger partial charge in [0.2, 0.25) is 0 Å². The zero-order valence-electron chi connectivity index (χ0n) is 10.3. The molecule has 0 aliphatic heterocycles. The molecule has 19 heavy (non-hydrogen) atoms. The Hall–Kier alpha value is -2.14. The Morgan fingerprint density at radius 2 is 1.89 bits per heavy atom. The van der Waals surface area contributed by atoms with Crippen LogP contribution in [0.4, 0.5) is 21.5 Å². The Morgan fingerprint density at radius 1 is 1.16 bits per heavy atom. The second-order valence-electron chi connectivity index (χ2n) is 4.23. The lowest BCUT2D eigenvalue weighted by Crippen LogP contribution is -2.11. The van der Waals surface area contributed by atoms with Crippen molar-refractivity contribution < 1.29 is 4.39 Å². The van der Waals surface area contributed by atoms with E-state index < -0.39 is 0 Å². The molecule has 0 fully saturated rings. The van der Waals surface area contributed by atoms with E-state index in [0.717, 1.165) is 21.6 Å². The molecule has 0 bridgehead atoms. The van der Waals surface area contributed by atoms with E-state index in [1.807, 2.05) is 24.1 Å². The highest BCUT2D eigenvalue weighted by Gasteiger charge is 2.11. The smallest absolute Gasteiger partial charge is 0.123 e. The van der Waals surface area contributed by atoms with Crippen LogP contribution in [0.5, 0.6) is 0 Å². The molecule has 96 valence electrons. The normalized spacial score (nSPS) is 10.8. The molecule has 0 amide bonds. The second-order valence-corrected chi connectivity index (χ2v) is 5.12. The highest BCUT2D eigenvalue weighted by Crippen LogP contribution is 2.35. The zero-order valence-corrected chi connectivity index (χ0v) is 11.1. The van der Waals surface area contributed by atoms with Crippen LogP contribution in [-0.2, 0) is 0 Å². The molecule has 0 radical (unpaired) electrons. The summed E-state index contributed by atoms with van der Waals surface area (Å²) >= 11 is 1.56. The molecule has 2 aromatic carbocycles. The van der Waals surface area contributed by atoms with E-state index in [9.17, 15) is 4.39 Å². The van der Waals surface area contributed by atoms with E-state index in [2.05, 4.69) is 4.98 Å². The van der Waals surface area contributed by atoms with Gasteiger partial charge < -0.3 is 10.6 Å². The van der Waals surface area contributed by atoms with Gasteiger partial charge in [-0.05, 0) is 36.4 Å². The lowest BCUT2D eigenvalue weighted by Gasteiger charge is -2.21. The first kappa shape index (κ1) is 11.9. The number of hydrogen-bond acceptors (Lipinski definition) is 4. The molecule has 1 aromatic heterocycles. The van der Waals surface area contributed by atoms with Gasteiger partial charge in [-0.15, -0.1) is 11.3 Å². The number of thiazole rings is 1. The summed E-state index contributed by atoms with van der Waals surface area (Å²) < 4.78 is 14.0. The van der Waals surface area contributed by atoms with E-state index >= 15 is 0 Å². The third kappa shape index (κ3) is 2.02. The lowest BCUT2D eigenvalue weighted by atomic mass is 10.2. The van der Waals surface area contributed by atoms with Crippen LogP contribution in [0.1, 0.15) is 0 Å². The maximum absolute atomic E-state index is 12.9. The minimum atomic E-state index is -0.250. The third-order valence-electron chi connectivity index (χ3n) is 3.09. The lowest BCUT2D eigenvalue weighted by molar-refractivity contribution is 0.628. The van der Waals surface area contributed by atoms with Crippen molar-refractivity contribution in [3.05, 3.63) is 47.7 Å². The number of aromatic nitrogens is 1. The molecule has 0 spiro atoms. The number of halogens is 1. The number of rotatable bonds is 2. The molecule has 1 heterocycles. The summed E-state index contributed by atoms with van der Waals surface area (Å²) in [5.41, 5.74) is 11.1. The molecule has 3 nitrogen and oxygen atoms in total. The second kappa shape index (κ2) is 4.51. The number of nitrogen functional groups attached to an aromatic ring is 1. The third-order valence-corrected chi connectivity index (χ3v) is 3.89. The van der Waals surface area contributed by atoms with Gasteiger partial charge >= 0.3 is 0 Å². The van der Waals surface area contributed by atoms with E-state index in [1.165, 1.54) is 12.1 Å². The number of anilines is 3. The summed E-state index contributed by atoms with van der Waals surface area (Å²) in [5.74, 6) is -0.250. The van der Waals surface area contributed by atoms with Gasteiger partial charge in [0, 0.05) is 12.7 Å². The van der Waals surface area contributed by atoms with Gasteiger partial charge in [-0.1, -0.05) is 0 Å². The number of nitrogens with two attached hydrogens (primary N) is 1. The maximum Gasteiger partial charge on any atom is 0.123 e. The molecule has 0 aliphatic rings. The van der Waals surface area contributed by atoms with Crippen molar-refractivity contribution in [1.82, 2.24) is 4.98 Å². The van der Waals surface area contributed by atoms with Gasteiger partial charge in [-0.3, -0.25) is 0 Å². The van der Waals surface area contributed by atoms with Crippen LogP contribution >= 0.6 is 11.3 Å². The fourth-order valence-corrected chi connectivity index (χ4v) is 2.73. The molecule has 3 aromatic rings. The highest BCUT2D eigenvalue weighted by atomic mass is 32.1. The van der Waals surface area contributed by atoms with Crippen LogP contribution in [-0.4, -0.2) is 12.0 Å². The minimum absolute atomic E-state index is 0.250. The predicted molar refractivity (Wildman–Crippen MR) is 78.5 cm³/mol. The molecular formula is C14H12FN3S. The van der Waals surface area contributed by atoms with E-state index in [0.29, 0.717) is 5.69 Å². The summed E-state index contributed by atoms with van der Waals surface area (Å²) in [7, 11) is 1.90. The minimum Gasteiger partial charge on any atom is -0.395 e. The Balaban J connectivity index is 2.08. The molecule has 3 rings (SSSR count). The molecular weight excluding hydrogens is 261 g/mol. The Kier molecular flexibility index (Phi) is 2.83. The predicted octanol–water partition coefficient (Wildman–Crippen LogP) is 3.79. The van der Waals surface area contributed by atoms with E-state index in [4.69, 9.17) is 5.73 Å². The molecule has 0 unspecified atom stereocenters. The standard InChI is InChI=1S/C14H12FN3S/c1-18(10-4-2-9(15)3-5-10)11-6-7-12-14(13(11)16)17-8-19-12/h2-8H,16H2,1H3. The average Bonchev–Trinajstić information content (AvgIpc) is 2.88. The average molecular weight is 273 g/mol. The van der Waals surface area contributed by atoms with Gasteiger partial charge in [0.1, 0.15) is 11.3 Å². The van der Waals surface area contributed by atoms with Gasteiger partial charge in [0.05, 0.1) is 21.6 Å². The number of benzene rings is 2. The summed E-state index contributed by atoms with van der Waals surface area (Å²) in [6, 6.07) is 10.3. The van der Waals surface area contributed by atoms with E-state index in [-0.39, 0.29) is 5.82 Å². The van der Waals surface area contributed by atoms with Gasteiger partial charge in [-0.25, -0.2) is 9.37 Å². The van der Waals surface area contributed by atoms with Crippen molar-refractivity contribution in [2.45, 2.75) is 0 Å². The Morgan fingerprint density at radius 3 is 2.63 bits per heavy atom. The van der Waals surface area contributed by atoms with Crippen LogP contribution in [0.2, 0.25) is 0 Å². The monoisotopic (exact) mass is 273 g/mol. The summed E-state index contributed by atoms with van der Waals surface area (Å²) in [5, 5.41) is 0. The first-order valence-electron chi connectivity index (χ1n) is 5.78. The van der Waals surface area contributed by atoms with Crippen molar-refractivity contribution in [3.63, 3.8) is 0 Å². The quantitative estimate of drug-likeness (QED) is 0.722. The fraction of sp³-hybridized carbons (Fsp3) is 0.0714. The van der Waals surface area contributed by atoms with Gasteiger partial charge in [0.15, 0.2) is 0 Å². The number of fused-ring (bicyclic) bond motifs is 1. The first-order chi connectivity index (χ1) is 9.16. The van der Waals surface area contributed by atoms with E-state index in [1.54, 1.807) is 29.0 Å². The fourth-order valence-electron chi connectivity index (χ4n) is 2.04. The molecule has 0 atom stereocenters. The summed E-state index contributed by atoms with van der Waals surface area (Å²) in [6.45, 7) is 0. The van der Waals surface area contributed by atoms with Crippen molar-refractivity contribution in [2.24, 2.45) is 0 Å². The van der Waals surface area contributed by atoms with Crippen LogP contribution in [0.15, 0.2) is 41.9 Å².